The molecular weight excluding hydrogens is 316 g/mol. The zero-order valence-corrected chi connectivity index (χ0v) is 13.5. The molecule has 0 aliphatic carbocycles. The lowest BCUT2D eigenvalue weighted by atomic mass is 10.1. The number of amides is 2. The molecule has 1 unspecified atom stereocenters. The zero-order valence-electron chi connectivity index (χ0n) is 13.5. The minimum atomic E-state index is -0.849. The molecule has 126 valence electrons. The van der Waals surface area contributed by atoms with Crippen LogP contribution in [0.1, 0.15) is 17.2 Å². The van der Waals surface area contributed by atoms with E-state index < -0.39 is 11.9 Å². The molecule has 3 N–H and O–H groups in total. The van der Waals surface area contributed by atoms with Crippen LogP contribution in [0.5, 0.6) is 0 Å². The van der Waals surface area contributed by atoms with Gasteiger partial charge in [-0.2, -0.15) is 5.10 Å². The van der Waals surface area contributed by atoms with Crippen LogP contribution in [-0.2, 0) is 16.0 Å². The second-order valence-electron chi connectivity index (χ2n) is 5.62. The van der Waals surface area contributed by atoms with Crippen molar-refractivity contribution in [2.45, 2.75) is 12.5 Å². The summed E-state index contributed by atoms with van der Waals surface area (Å²) in [6.07, 6.45) is 3.54. The number of hydrogen-bond acceptors (Lipinski definition) is 3. The molecule has 6 nitrogen and oxygen atoms in total. The first-order valence-electron chi connectivity index (χ1n) is 7.86. The van der Waals surface area contributed by atoms with Gasteiger partial charge in [-0.25, -0.2) is 4.68 Å². The van der Waals surface area contributed by atoms with Crippen molar-refractivity contribution < 1.29 is 9.59 Å². The summed E-state index contributed by atoms with van der Waals surface area (Å²) in [5.41, 5.74) is 7.73. The number of rotatable bonds is 6. The largest absolute Gasteiger partial charge is 0.368 e. The highest BCUT2D eigenvalue weighted by molar-refractivity contribution is 5.88. The van der Waals surface area contributed by atoms with Crippen LogP contribution in [0.4, 0.5) is 0 Å². The van der Waals surface area contributed by atoms with E-state index in [-0.39, 0.29) is 12.3 Å². The Kier molecular flexibility index (Phi) is 4.89. The number of carbonyl (C=O) groups excluding carboxylic acids is 2. The number of nitrogens with one attached hydrogen (secondary N) is 1. The van der Waals surface area contributed by atoms with Gasteiger partial charge >= 0.3 is 0 Å². The lowest BCUT2D eigenvalue weighted by Gasteiger charge is -2.15. The molecule has 1 aromatic heterocycles. The Morgan fingerprint density at radius 3 is 2.32 bits per heavy atom. The maximum atomic E-state index is 12.3. The van der Waals surface area contributed by atoms with Crippen molar-refractivity contribution in [1.29, 1.82) is 0 Å². The summed E-state index contributed by atoms with van der Waals surface area (Å²) in [5, 5.41) is 6.94. The maximum Gasteiger partial charge on any atom is 0.244 e. The quantitative estimate of drug-likeness (QED) is 0.720. The third kappa shape index (κ3) is 4.11. The van der Waals surface area contributed by atoms with Gasteiger partial charge in [0.1, 0.15) is 6.04 Å². The highest BCUT2D eigenvalue weighted by atomic mass is 16.2. The van der Waals surface area contributed by atoms with E-state index in [4.69, 9.17) is 5.73 Å². The molecular formula is C19H18N4O2. The fourth-order valence-corrected chi connectivity index (χ4v) is 2.53. The first-order valence-corrected chi connectivity index (χ1v) is 7.86. The monoisotopic (exact) mass is 334 g/mol. The molecule has 2 amide bonds. The van der Waals surface area contributed by atoms with Crippen molar-refractivity contribution in [3.05, 3.63) is 84.2 Å². The molecule has 0 spiro atoms. The van der Waals surface area contributed by atoms with E-state index in [1.54, 1.807) is 41.3 Å². The molecule has 3 aromatic rings. The van der Waals surface area contributed by atoms with Crippen LogP contribution in [0, 0.1) is 0 Å². The Labute approximate surface area is 145 Å². The average Bonchev–Trinajstić information content (AvgIpc) is 3.09. The van der Waals surface area contributed by atoms with E-state index in [0.29, 0.717) is 5.56 Å². The van der Waals surface area contributed by atoms with Gasteiger partial charge in [0.05, 0.1) is 18.3 Å². The van der Waals surface area contributed by atoms with E-state index in [2.05, 4.69) is 10.4 Å². The number of benzene rings is 2. The number of nitrogens with two attached hydrogens (primary N) is 1. The molecule has 0 aliphatic heterocycles. The normalized spacial score (nSPS) is 11.7. The molecule has 0 aliphatic rings. The lowest BCUT2D eigenvalue weighted by Crippen LogP contribution is -2.38. The van der Waals surface area contributed by atoms with E-state index in [9.17, 15) is 9.59 Å². The van der Waals surface area contributed by atoms with E-state index in [1.165, 1.54) is 0 Å². The fraction of sp³-hybridized carbons (Fsp3) is 0.105. The highest BCUT2D eigenvalue weighted by Gasteiger charge is 2.20. The van der Waals surface area contributed by atoms with Gasteiger partial charge in [-0.1, -0.05) is 48.5 Å². The highest BCUT2D eigenvalue weighted by Crippen LogP contribution is 2.13. The zero-order chi connectivity index (χ0) is 17.6. The van der Waals surface area contributed by atoms with E-state index in [1.807, 2.05) is 36.4 Å². The van der Waals surface area contributed by atoms with Crippen molar-refractivity contribution in [2.75, 3.05) is 0 Å². The Balaban J connectivity index is 1.68. The van der Waals surface area contributed by atoms with Crippen LogP contribution >= 0.6 is 0 Å². The predicted molar refractivity (Wildman–Crippen MR) is 93.8 cm³/mol. The van der Waals surface area contributed by atoms with Crippen molar-refractivity contribution in [3.63, 3.8) is 0 Å². The van der Waals surface area contributed by atoms with Gasteiger partial charge in [-0.3, -0.25) is 9.59 Å². The Bertz CT molecular complexity index is 859. The fourth-order valence-electron chi connectivity index (χ4n) is 2.53. The number of aromatic nitrogens is 2. The van der Waals surface area contributed by atoms with E-state index >= 15 is 0 Å². The van der Waals surface area contributed by atoms with Crippen molar-refractivity contribution in [2.24, 2.45) is 5.73 Å². The first-order chi connectivity index (χ1) is 12.1. The predicted octanol–water partition coefficient (Wildman–Crippen LogP) is 1.76. The Morgan fingerprint density at radius 1 is 1.04 bits per heavy atom. The van der Waals surface area contributed by atoms with Gasteiger partial charge in [0.25, 0.3) is 0 Å². The number of nitrogens with zero attached hydrogens (tertiary/aromatic N) is 2. The number of hydrogen-bond donors (Lipinski definition) is 2. The molecule has 2 aromatic carbocycles. The topological polar surface area (TPSA) is 90.0 Å². The molecule has 0 saturated carbocycles. The van der Waals surface area contributed by atoms with E-state index in [0.717, 1.165) is 11.3 Å². The third-order valence-corrected chi connectivity index (χ3v) is 3.74. The second-order valence-corrected chi connectivity index (χ2v) is 5.62. The molecule has 0 fully saturated rings. The number of para-hydroxylation sites is 1. The van der Waals surface area contributed by atoms with Gasteiger partial charge in [-0.05, 0) is 23.3 Å². The molecule has 1 heterocycles. The summed E-state index contributed by atoms with van der Waals surface area (Å²) in [7, 11) is 0. The number of primary amides is 1. The van der Waals surface area contributed by atoms with Gasteiger partial charge in [-0.15, -0.1) is 0 Å². The van der Waals surface area contributed by atoms with Gasteiger partial charge < -0.3 is 11.1 Å². The maximum absolute atomic E-state index is 12.3. The minimum Gasteiger partial charge on any atom is -0.368 e. The van der Waals surface area contributed by atoms with Crippen molar-refractivity contribution in [1.82, 2.24) is 15.1 Å². The van der Waals surface area contributed by atoms with Crippen LogP contribution in [0.2, 0.25) is 0 Å². The lowest BCUT2D eigenvalue weighted by molar-refractivity contribution is -0.127. The van der Waals surface area contributed by atoms with Crippen LogP contribution < -0.4 is 11.1 Å². The Morgan fingerprint density at radius 2 is 1.68 bits per heavy atom. The molecule has 0 saturated heterocycles. The standard InChI is InChI=1S/C19H18N4O2/c20-19(25)18(15-7-3-1-4-8-15)22-17(24)11-14-12-21-23(13-14)16-9-5-2-6-10-16/h1-10,12-13,18H,11H2,(H2,20,25)(H,22,24). The van der Waals surface area contributed by atoms with Crippen molar-refractivity contribution in [3.8, 4) is 5.69 Å². The average molecular weight is 334 g/mol. The van der Waals surface area contributed by atoms with Gasteiger partial charge in [0.2, 0.25) is 11.8 Å². The molecule has 1 atom stereocenters. The SMILES string of the molecule is NC(=O)C(NC(=O)Cc1cnn(-c2ccccc2)c1)c1ccccc1. The molecule has 6 heteroatoms. The van der Waals surface area contributed by atoms with Crippen LogP contribution in [0.15, 0.2) is 73.1 Å². The van der Waals surface area contributed by atoms with Crippen LogP contribution in [-0.4, -0.2) is 21.6 Å². The summed E-state index contributed by atoms with van der Waals surface area (Å²) < 4.78 is 1.70. The summed E-state index contributed by atoms with van der Waals surface area (Å²) >= 11 is 0. The summed E-state index contributed by atoms with van der Waals surface area (Å²) in [6.45, 7) is 0. The minimum absolute atomic E-state index is 0.115. The van der Waals surface area contributed by atoms with Crippen molar-refractivity contribution >= 4 is 11.8 Å². The third-order valence-electron chi connectivity index (χ3n) is 3.74. The number of carbonyl (C=O) groups is 2. The molecule has 3 rings (SSSR count). The van der Waals surface area contributed by atoms with Crippen LogP contribution in [0.25, 0.3) is 5.69 Å². The Hall–Kier alpha value is -3.41. The second kappa shape index (κ2) is 7.44. The summed E-state index contributed by atoms with van der Waals surface area (Å²) in [6, 6.07) is 17.7. The summed E-state index contributed by atoms with van der Waals surface area (Å²) in [5.74, 6) is -0.889. The molecule has 25 heavy (non-hydrogen) atoms. The smallest absolute Gasteiger partial charge is 0.244 e. The molecule has 0 radical (unpaired) electrons. The molecule has 0 bridgehead atoms. The van der Waals surface area contributed by atoms with Crippen LogP contribution in [0.3, 0.4) is 0 Å². The first kappa shape index (κ1) is 16.4. The summed E-state index contributed by atoms with van der Waals surface area (Å²) in [4.78, 5) is 24.0. The van der Waals surface area contributed by atoms with Gasteiger partial charge in [0, 0.05) is 6.20 Å². The van der Waals surface area contributed by atoms with Gasteiger partial charge in [0.15, 0.2) is 0 Å².